The standard InChI is InChI=1S/C17H22N2O5S/c1-22-14-5-6-16(23-2)17(12-14)25(20,21)19-9-7-18(8-10-19)13-15-4-3-11-24-15/h3-6,11-12H,7-10,13H2,1-2H3. The van der Waals surface area contributed by atoms with Crippen LogP contribution in [0.2, 0.25) is 0 Å². The van der Waals surface area contributed by atoms with Crippen LogP contribution < -0.4 is 9.47 Å². The molecule has 1 aromatic heterocycles. The van der Waals surface area contributed by atoms with Gasteiger partial charge in [-0.25, -0.2) is 8.42 Å². The number of benzene rings is 1. The minimum absolute atomic E-state index is 0.133. The fourth-order valence-corrected chi connectivity index (χ4v) is 4.47. The third-order valence-electron chi connectivity index (χ3n) is 4.28. The summed E-state index contributed by atoms with van der Waals surface area (Å²) in [5.74, 6) is 1.68. The summed E-state index contributed by atoms with van der Waals surface area (Å²) in [7, 11) is -0.679. The molecule has 1 aliphatic heterocycles. The Bertz CT molecular complexity index is 796. The SMILES string of the molecule is COc1ccc(OC)c(S(=O)(=O)N2CCN(Cc3ccco3)CC2)c1. The Balaban J connectivity index is 1.73. The zero-order valence-electron chi connectivity index (χ0n) is 14.3. The van der Waals surface area contributed by atoms with E-state index in [1.54, 1.807) is 18.4 Å². The largest absolute Gasteiger partial charge is 0.497 e. The van der Waals surface area contributed by atoms with Gasteiger partial charge in [0.2, 0.25) is 10.0 Å². The third kappa shape index (κ3) is 3.81. The molecule has 1 aliphatic rings. The number of furan rings is 1. The summed E-state index contributed by atoms with van der Waals surface area (Å²) in [5.41, 5.74) is 0. The molecular weight excluding hydrogens is 344 g/mol. The van der Waals surface area contributed by atoms with Crippen molar-refractivity contribution < 1.29 is 22.3 Å². The molecule has 0 unspecified atom stereocenters. The van der Waals surface area contributed by atoms with Crippen LogP contribution in [0, 0.1) is 0 Å². The van der Waals surface area contributed by atoms with Gasteiger partial charge < -0.3 is 13.9 Å². The Hall–Kier alpha value is -2.03. The highest BCUT2D eigenvalue weighted by molar-refractivity contribution is 7.89. The minimum Gasteiger partial charge on any atom is -0.497 e. The smallest absolute Gasteiger partial charge is 0.246 e. The first kappa shape index (κ1) is 17.8. The summed E-state index contributed by atoms with van der Waals surface area (Å²) in [5, 5.41) is 0. The van der Waals surface area contributed by atoms with Crippen molar-refractivity contribution in [3.8, 4) is 11.5 Å². The van der Waals surface area contributed by atoms with E-state index in [0.29, 0.717) is 44.2 Å². The Kier molecular flexibility index (Phi) is 5.31. The Labute approximate surface area is 147 Å². The first-order chi connectivity index (χ1) is 12.0. The molecule has 0 saturated carbocycles. The van der Waals surface area contributed by atoms with Crippen LogP contribution in [0.5, 0.6) is 11.5 Å². The minimum atomic E-state index is -3.64. The van der Waals surface area contributed by atoms with Gasteiger partial charge in [0.25, 0.3) is 0 Å². The monoisotopic (exact) mass is 366 g/mol. The third-order valence-corrected chi connectivity index (χ3v) is 6.20. The molecule has 136 valence electrons. The first-order valence-corrected chi connectivity index (χ1v) is 9.45. The molecule has 0 atom stereocenters. The molecule has 2 heterocycles. The fourth-order valence-electron chi connectivity index (χ4n) is 2.88. The van der Waals surface area contributed by atoms with Crippen molar-refractivity contribution in [2.24, 2.45) is 0 Å². The van der Waals surface area contributed by atoms with E-state index in [9.17, 15) is 8.42 Å². The van der Waals surface area contributed by atoms with Crippen molar-refractivity contribution in [2.45, 2.75) is 11.4 Å². The molecule has 0 aliphatic carbocycles. The number of hydrogen-bond donors (Lipinski definition) is 0. The number of nitrogens with zero attached hydrogens (tertiary/aromatic N) is 2. The molecule has 0 amide bonds. The van der Waals surface area contributed by atoms with E-state index in [2.05, 4.69) is 4.90 Å². The van der Waals surface area contributed by atoms with Crippen LogP contribution in [0.15, 0.2) is 45.9 Å². The van der Waals surface area contributed by atoms with Gasteiger partial charge in [-0.3, -0.25) is 4.90 Å². The summed E-state index contributed by atoms with van der Waals surface area (Å²) < 4.78 is 43.2. The second kappa shape index (κ2) is 7.47. The molecule has 0 bridgehead atoms. The number of rotatable bonds is 6. The predicted molar refractivity (Wildman–Crippen MR) is 92.3 cm³/mol. The van der Waals surface area contributed by atoms with Crippen molar-refractivity contribution in [3.05, 3.63) is 42.4 Å². The second-order valence-corrected chi connectivity index (χ2v) is 7.68. The van der Waals surface area contributed by atoms with Gasteiger partial charge >= 0.3 is 0 Å². The van der Waals surface area contributed by atoms with Gasteiger partial charge in [0.05, 0.1) is 27.0 Å². The van der Waals surface area contributed by atoms with Crippen LogP contribution in [0.25, 0.3) is 0 Å². The van der Waals surface area contributed by atoms with E-state index in [0.717, 1.165) is 5.76 Å². The van der Waals surface area contributed by atoms with E-state index >= 15 is 0 Å². The van der Waals surface area contributed by atoms with Crippen LogP contribution in [0.1, 0.15) is 5.76 Å². The van der Waals surface area contributed by atoms with Gasteiger partial charge in [0.1, 0.15) is 22.2 Å². The molecular formula is C17H22N2O5S. The zero-order valence-corrected chi connectivity index (χ0v) is 15.2. The predicted octanol–water partition coefficient (Wildman–Crippen LogP) is 1.80. The fraction of sp³-hybridized carbons (Fsp3) is 0.412. The van der Waals surface area contributed by atoms with Crippen LogP contribution >= 0.6 is 0 Å². The number of ether oxygens (including phenoxy) is 2. The average molecular weight is 366 g/mol. The Morgan fingerprint density at radius 1 is 1.08 bits per heavy atom. The van der Waals surface area contributed by atoms with Crippen LogP contribution in [-0.4, -0.2) is 58.0 Å². The van der Waals surface area contributed by atoms with Gasteiger partial charge in [-0.2, -0.15) is 4.31 Å². The van der Waals surface area contributed by atoms with Crippen molar-refractivity contribution >= 4 is 10.0 Å². The van der Waals surface area contributed by atoms with Gasteiger partial charge in [-0.15, -0.1) is 0 Å². The van der Waals surface area contributed by atoms with Crippen molar-refractivity contribution in [1.82, 2.24) is 9.21 Å². The summed E-state index contributed by atoms with van der Waals surface area (Å²) in [6.45, 7) is 2.81. The quantitative estimate of drug-likeness (QED) is 0.776. The highest BCUT2D eigenvalue weighted by Gasteiger charge is 2.31. The average Bonchev–Trinajstić information content (AvgIpc) is 3.14. The molecule has 2 aromatic rings. The summed E-state index contributed by atoms with van der Waals surface area (Å²) in [6.07, 6.45) is 1.64. The molecule has 1 saturated heterocycles. The molecule has 1 aromatic carbocycles. The maximum atomic E-state index is 13.0. The lowest BCUT2D eigenvalue weighted by Gasteiger charge is -2.33. The van der Waals surface area contributed by atoms with E-state index in [1.165, 1.54) is 24.6 Å². The Morgan fingerprint density at radius 2 is 1.84 bits per heavy atom. The molecule has 0 N–H and O–H groups in total. The molecule has 25 heavy (non-hydrogen) atoms. The van der Waals surface area contributed by atoms with Gasteiger partial charge in [0, 0.05) is 32.2 Å². The van der Waals surface area contributed by atoms with E-state index in [1.807, 2.05) is 12.1 Å². The molecule has 8 heteroatoms. The summed E-state index contributed by atoms with van der Waals surface area (Å²) in [6, 6.07) is 8.57. The van der Waals surface area contributed by atoms with Gasteiger partial charge in [-0.05, 0) is 24.3 Å². The molecule has 0 spiro atoms. The number of sulfonamides is 1. The van der Waals surface area contributed by atoms with Crippen molar-refractivity contribution in [2.75, 3.05) is 40.4 Å². The Morgan fingerprint density at radius 3 is 2.44 bits per heavy atom. The molecule has 3 rings (SSSR count). The highest BCUT2D eigenvalue weighted by atomic mass is 32.2. The first-order valence-electron chi connectivity index (χ1n) is 8.01. The lowest BCUT2D eigenvalue weighted by molar-refractivity contribution is 0.170. The summed E-state index contributed by atoms with van der Waals surface area (Å²) in [4.78, 5) is 2.31. The van der Waals surface area contributed by atoms with E-state index in [4.69, 9.17) is 13.9 Å². The van der Waals surface area contributed by atoms with Crippen molar-refractivity contribution in [1.29, 1.82) is 0 Å². The van der Waals surface area contributed by atoms with Crippen LogP contribution in [0.3, 0.4) is 0 Å². The number of methoxy groups -OCH3 is 2. The molecule has 7 nitrogen and oxygen atoms in total. The normalized spacial score (nSPS) is 16.7. The molecule has 0 radical (unpaired) electrons. The lowest BCUT2D eigenvalue weighted by Crippen LogP contribution is -2.48. The zero-order chi connectivity index (χ0) is 17.9. The number of hydrogen-bond acceptors (Lipinski definition) is 6. The van der Waals surface area contributed by atoms with E-state index in [-0.39, 0.29) is 4.90 Å². The summed E-state index contributed by atoms with van der Waals surface area (Å²) >= 11 is 0. The highest BCUT2D eigenvalue weighted by Crippen LogP contribution is 2.31. The van der Waals surface area contributed by atoms with Crippen LogP contribution in [-0.2, 0) is 16.6 Å². The van der Waals surface area contributed by atoms with Gasteiger partial charge in [0.15, 0.2) is 0 Å². The maximum Gasteiger partial charge on any atom is 0.246 e. The maximum absolute atomic E-state index is 13.0. The second-order valence-electron chi connectivity index (χ2n) is 5.78. The van der Waals surface area contributed by atoms with Crippen LogP contribution in [0.4, 0.5) is 0 Å². The lowest BCUT2D eigenvalue weighted by atomic mass is 10.3. The topological polar surface area (TPSA) is 72.2 Å². The van der Waals surface area contributed by atoms with E-state index < -0.39 is 10.0 Å². The van der Waals surface area contributed by atoms with Crippen molar-refractivity contribution in [3.63, 3.8) is 0 Å². The molecule has 1 fully saturated rings. The van der Waals surface area contributed by atoms with Gasteiger partial charge in [-0.1, -0.05) is 0 Å². The number of piperazine rings is 1.